The van der Waals surface area contributed by atoms with Gasteiger partial charge in [-0.2, -0.15) is 18.3 Å². The number of rotatable bonds is 9. The predicted octanol–water partition coefficient (Wildman–Crippen LogP) is 3.02. The fourth-order valence-corrected chi connectivity index (χ4v) is 4.16. The number of benzene rings is 1. The highest BCUT2D eigenvalue weighted by Crippen LogP contribution is 2.35. The lowest BCUT2D eigenvalue weighted by atomic mass is 10.0. The second-order valence-electron chi connectivity index (χ2n) is 9.41. The van der Waals surface area contributed by atoms with Crippen LogP contribution in [0.2, 0.25) is 0 Å². The molecule has 0 aliphatic carbocycles. The van der Waals surface area contributed by atoms with E-state index in [1.807, 2.05) is 6.92 Å². The van der Waals surface area contributed by atoms with Crippen LogP contribution in [0.4, 0.5) is 18.9 Å². The molecule has 2 aliphatic heterocycles. The number of alkyl halides is 3. The molecule has 198 valence electrons. The number of hydrogen-bond donors (Lipinski definition) is 2. The molecule has 3 heterocycles. The van der Waals surface area contributed by atoms with Crippen LogP contribution in [-0.2, 0) is 4.79 Å². The minimum Gasteiger partial charge on any atom is -0.344 e. The molecule has 0 saturated carbocycles. The van der Waals surface area contributed by atoms with E-state index in [2.05, 4.69) is 10.1 Å². The maximum atomic E-state index is 13.2. The normalized spacial score (nSPS) is 16.8. The molecule has 2 N–H and O–H groups in total. The van der Waals surface area contributed by atoms with E-state index >= 15 is 0 Å². The molecular weight excluding hydrogens is 491 g/mol. The molecule has 1 aromatic carbocycles. The molecule has 0 spiro atoms. The maximum absolute atomic E-state index is 13.2. The van der Waals surface area contributed by atoms with Gasteiger partial charge < -0.3 is 15.2 Å². The van der Waals surface area contributed by atoms with E-state index in [4.69, 9.17) is 5.41 Å². The van der Waals surface area contributed by atoms with Gasteiger partial charge in [0.1, 0.15) is 18.8 Å². The van der Waals surface area contributed by atoms with Gasteiger partial charge in [0.05, 0.1) is 29.7 Å². The number of nitrogens with zero attached hydrogens (tertiary/aromatic N) is 6. The molecule has 13 heteroatoms. The van der Waals surface area contributed by atoms with E-state index in [9.17, 15) is 28.0 Å². The third kappa shape index (κ3) is 5.98. The molecule has 0 bridgehead atoms. The van der Waals surface area contributed by atoms with Crippen molar-refractivity contribution in [3.8, 4) is 11.3 Å². The van der Waals surface area contributed by atoms with Crippen molar-refractivity contribution in [3.63, 3.8) is 0 Å². The van der Waals surface area contributed by atoms with Gasteiger partial charge in [-0.05, 0) is 37.6 Å². The smallest absolute Gasteiger partial charge is 0.344 e. The number of hydroxylamine groups is 1. The summed E-state index contributed by atoms with van der Waals surface area (Å²) in [6.45, 7) is 2.83. The first kappa shape index (κ1) is 26.3. The van der Waals surface area contributed by atoms with Crippen molar-refractivity contribution in [1.29, 1.82) is 5.41 Å². The van der Waals surface area contributed by atoms with E-state index in [1.165, 1.54) is 26.6 Å². The molecule has 4 rings (SSSR count). The zero-order valence-corrected chi connectivity index (χ0v) is 20.7. The average molecular weight is 520 g/mol. The van der Waals surface area contributed by atoms with Crippen LogP contribution in [-0.4, -0.2) is 94.0 Å². The Hall–Kier alpha value is -3.74. The highest BCUT2D eigenvalue weighted by atomic mass is 19.4. The molecule has 10 nitrogen and oxygen atoms in total. The molecule has 0 radical (unpaired) electrons. The Morgan fingerprint density at radius 3 is 2.62 bits per heavy atom. The van der Waals surface area contributed by atoms with Gasteiger partial charge in [-0.25, -0.2) is 5.06 Å². The first-order valence-electron chi connectivity index (χ1n) is 11.7. The number of hydrogen-bond acceptors (Lipinski definition) is 7. The highest BCUT2D eigenvalue weighted by Gasteiger charge is 2.35. The first-order chi connectivity index (χ1) is 17.3. The predicted molar refractivity (Wildman–Crippen MR) is 131 cm³/mol. The van der Waals surface area contributed by atoms with Crippen LogP contribution in [0.1, 0.15) is 42.4 Å². The monoisotopic (exact) mass is 519 g/mol. The SMILES string of the molecule is CC(=N)CCN(C)C(=O)CN1C[C@H](C)n2nc(-c3ccc(C4=NC4)cc3N(O)CC(F)(F)F)cc2C1=O. The van der Waals surface area contributed by atoms with Crippen molar-refractivity contribution in [3.05, 3.63) is 35.5 Å². The summed E-state index contributed by atoms with van der Waals surface area (Å²) in [7, 11) is 1.62. The minimum absolute atomic E-state index is 0.102. The summed E-state index contributed by atoms with van der Waals surface area (Å²) in [6.07, 6.45) is -4.21. The van der Waals surface area contributed by atoms with Gasteiger partial charge in [0.25, 0.3) is 5.91 Å². The molecule has 1 aromatic heterocycles. The molecule has 0 unspecified atom stereocenters. The lowest BCUT2D eigenvalue weighted by molar-refractivity contribution is -0.131. The third-order valence-electron chi connectivity index (χ3n) is 6.25. The second-order valence-corrected chi connectivity index (χ2v) is 9.41. The summed E-state index contributed by atoms with van der Waals surface area (Å²) >= 11 is 0. The van der Waals surface area contributed by atoms with Crippen LogP contribution >= 0.6 is 0 Å². The van der Waals surface area contributed by atoms with Crippen LogP contribution in [0.25, 0.3) is 11.3 Å². The Bertz CT molecular complexity index is 1270. The molecule has 0 fully saturated rings. The second kappa shape index (κ2) is 9.96. The molecule has 1 atom stereocenters. The summed E-state index contributed by atoms with van der Waals surface area (Å²) < 4.78 is 40.6. The van der Waals surface area contributed by atoms with Crippen molar-refractivity contribution >= 4 is 28.9 Å². The van der Waals surface area contributed by atoms with Gasteiger partial charge in [-0.3, -0.25) is 24.5 Å². The summed E-state index contributed by atoms with van der Waals surface area (Å²) in [6, 6.07) is 5.83. The van der Waals surface area contributed by atoms with Crippen molar-refractivity contribution in [2.75, 3.05) is 44.8 Å². The molecule has 2 amide bonds. The van der Waals surface area contributed by atoms with Gasteiger partial charge >= 0.3 is 6.18 Å². The lowest BCUT2D eigenvalue weighted by Crippen LogP contribution is -2.47. The molecule has 0 saturated heterocycles. The Morgan fingerprint density at radius 2 is 2.00 bits per heavy atom. The Kier molecular flexibility index (Phi) is 7.09. The van der Waals surface area contributed by atoms with E-state index in [0.717, 1.165) is 5.71 Å². The summed E-state index contributed by atoms with van der Waals surface area (Å²) in [5, 5.41) is 22.4. The summed E-state index contributed by atoms with van der Waals surface area (Å²) in [4.78, 5) is 32.8. The largest absolute Gasteiger partial charge is 0.408 e. The number of carbonyl (C=O) groups excluding carboxylic acids is 2. The number of anilines is 1. The highest BCUT2D eigenvalue weighted by molar-refractivity contribution is 6.11. The fraction of sp³-hybridized carbons (Fsp3) is 0.458. The van der Waals surface area contributed by atoms with Crippen LogP contribution in [0.3, 0.4) is 0 Å². The molecule has 2 aromatic rings. The fourth-order valence-electron chi connectivity index (χ4n) is 4.16. The van der Waals surface area contributed by atoms with Crippen LogP contribution in [0.5, 0.6) is 0 Å². The summed E-state index contributed by atoms with van der Waals surface area (Å²) in [5.74, 6) is -0.692. The van der Waals surface area contributed by atoms with E-state index < -0.39 is 18.6 Å². The standard InChI is InChI=1S/C24H28F3N7O3/c1-14(28)6-7-31(3)22(35)12-32-11-15(2)34-21(23(32)36)9-18(30-34)17-5-4-16(19-10-29-19)8-20(17)33(37)13-24(25,26)27/h4-5,8-9,15,28,37H,6-7,10-13H2,1-3H3/t15-/m0/s1. The van der Waals surface area contributed by atoms with Crippen LogP contribution in [0, 0.1) is 5.41 Å². The van der Waals surface area contributed by atoms with Gasteiger partial charge in [0, 0.05) is 37.8 Å². The topological polar surface area (TPSA) is 118 Å². The van der Waals surface area contributed by atoms with Crippen LogP contribution in [0.15, 0.2) is 29.3 Å². The van der Waals surface area contributed by atoms with Crippen molar-refractivity contribution in [1.82, 2.24) is 19.6 Å². The average Bonchev–Trinajstić information content (AvgIpc) is 3.57. The van der Waals surface area contributed by atoms with E-state index in [1.54, 1.807) is 26.1 Å². The number of carbonyl (C=O) groups is 2. The number of fused-ring (bicyclic) bond motifs is 1. The molecule has 37 heavy (non-hydrogen) atoms. The maximum Gasteiger partial charge on any atom is 0.408 e. The number of likely N-dealkylation sites (N-methyl/N-ethyl adjacent to an activating group) is 1. The number of aliphatic imine (C=N–C) groups is 1. The number of amides is 2. The Morgan fingerprint density at radius 1 is 1.30 bits per heavy atom. The molecular formula is C24H28F3N7O3. The van der Waals surface area contributed by atoms with Crippen LogP contribution < -0.4 is 5.06 Å². The zero-order chi connectivity index (χ0) is 27.1. The van der Waals surface area contributed by atoms with Crippen molar-refractivity contribution in [2.45, 2.75) is 32.5 Å². The molecule has 2 aliphatic rings. The zero-order valence-electron chi connectivity index (χ0n) is 20.7. The quantitative estimate of drug-likeness (QED) is 0.390. The Labute approximate surface area is 211 Å². The van der Waals surface area contributed by atoms with Gasteiger partial charge in [0.15, 0.2) is 0 Å². The van der Waals surface area contributed by atoms with Crippen molar-refractivity contribution < 1.29 is 28.0 Å². The third-order valence-corrected chi connectivity index (χ3v) is 6.25. The minimum atomic E-state index is -4.64. The van der Waals surface area contributed by atoms with E-state index in [-0.39, 0.29) is 52.7 Å². The van der Waals surface area contributed by atoms with Gasteiger partial charge in [0.2, 0.25) is 5.91 Å². The van der Waals surface area contributed by atoms with Crippen molar-refractivity contribution in [2.24, 2.45) is 4.99 Å². The number of nitrogens with one attached hydrogen (secondary N) is 1. The number of aromatic nitrogens is 2. The first-order valence-corrected chi connectivity index (χ1v) is 11.7. The van der Waals surface area contributed by atoms with Gasteiger partial charge in [-0.15, -0.1) is 0 Å². The number of halogens is 3. The van der Waals surface area contributed by atoms with Gasteiger partial charge in [-0.1, -0.05) is 6.07 Å². The Balaban J connectivity index is 1.61. The summed E-state index contributed by atoms with van der Waals surface area (Å²) in [5.41, 5.74) is 2.32. The lowest BCUT2D eigenvalue weighted by Gasteiger charge is -2.32. The van der Waals surface area contributed by atoms with E-state index in [0.29, 0.717) is 30.8 Å².